The number of nitrogens with one attached hydrogen (secondary N) is 1. The Morgan fingerprint density at radius 1 is 1.15 bits per heavy atom. The molecule has 2 aromatic carbocycles. The van der Waals surface area contributed by atoms with E-state index >= 15 is 0 Å². The lowest BCUT2D eigenvalue weighted by Crippen LogP contribution is -2.54. The predicted molar refractivity (Wildman–Crippen MR) is 109 cm³/mol. The summed E-state index contributed by atoms with van der Waals surface area (Å²) in [7, 11) is 1.67. The van der Waals surface area contributed by atoms with Crippen molar-refractivity contribution in [2.45, 2.75) is 17.9 Å². The predicted octanol–water partition coefficient (Wildman–Crippen LogP) is 4.16. The SMILES string of the molecule is COc1ccc(N2CCN(C(=O)Nc3ccccc3SC)CC2C)cc1. The molecule has 0 bridgehead atoms. The number of anilines is 2. The Morgan fingerprint density at radius 3 is 2.54 bits per heavy atom. The smallest absolute Gasteiger partial charge is 0.322 e. The zero-order valence-corrected chi connectivity index (χ0v) is 16.3. The van der Waals surface area contributed by atoms with Crippen molar-refractivity contribution in [3.05, 3.63) is 48.5 Å². The van der Waals surface area contributed by atoms with Crippen LogP contribution in [0.1, 0.15) is 6.92 Å². The van der Waals surface area contributed by atoms with Crippen LogP contribution in [0.2, 0.25) is 0 Å². The van der Waals surface area contributed by atoms with E-state index < -0.39 is 0 Å². The van der Waals surface area contributed by atoms with Gasteiger partial charge in [-0.05, 0) is 49.6 Å². The van der Waals surface area contributed by atoms with Crippen molar-refractivity contribution in [3.8, 4) is 5.75 Å². The fourth-order valence-corrected chi connectivity index (χ4v) is 3.80. The maximum atomic E-state index is 12.7. The molecule has 0 spiro atoms. The summed E-state index contributed by atoms with van der Waals surface area (Å²) in [5.41, 5.74) is 2.03. The van der Waals surface area contributed by atoms with Crippen molar-refractivity contribution in [2.24, 2.45) is 0 Å². The summed E-state index contributed by atoms with van der Waals surface area (Å²) < 4.78 is 5.23. The monoisotopic (exact) mass is 371 g/mol. The summed E-state index contributed by atoms with van der Waals surface area (Å²) in [6.07, 6.45) is 2.01. The molecule has 1 heterocycles. The number of para-hydroxylation sites is 1. The van der Waals surface area contributed by atoms with Gasteiger partial charge in [-0.15, -0.1) is 11.8 Å². The second-order valence-electron chi connectivity index (χ2n) is 6.32. The number of urea groups is 1. The van der Waals surface area contributed by atoms with E-state index in [2.05, 4.69) is 29.3 Å². The number of benzene rings is 2. The Morgan fingerprint density at radius 2 is 1.88 bits per heavy atom. The highest BCUT2D eigenvalue weighted by Crippen LogP contribution is 2.26. The first-order chi connectivity index (χ1) is 12.6. The van der Waals surface area contributed by atoms with Crippen LogP contribution in [0.25, 0.3) is 0 Å². The molecule has 1 atom stereocenters. The Labute approximate surface area is 159 Å². The Bertz CT molecular complexity index is 751. The van der Waals surface area contributed by atoms with E-state index in [1.54, 1.807) is 18.9 Å². The number of piperazine rings is 1. The number of carbonyl (C=O) groups is 1. The second-order valence-corrected chi connectivity index (χ2v) is 7.16. The first-order valence-electron chi connectivity index (χ1n) is 8.72. The molecule has 1 saturated heterocycles. The molecule has 1 aliphatic rings. The van der Waals surface area contributed by atoms with E-state index in [0.29, 0.717) is 13.1 Å². The van der Waals surface area contributed by atoms with E-state index in [4.69, 9.17) is 4.74 Å². The van der Waals surface area contributed by atoms with Crippen molar-refractivity contribution in [3.63, 3.8) is 0 Å². The molecule has 1 aliphatic heterocycles. The second kappa shape index (κ2) is 8.36. The van der Waals surface area contributed by atoms with Gasteiger partial charge in [0.05, 0.1) is 12.8 Å². The van der Waals surface area contributed by atoms with Gasteiger partial charge in [0.1, 0.15) is 5.75 Å². The number of hydrogen-bond acceptors (Lipinski definition) is 4. The lowest BCUT2D eigenvalue weighted by atomic mass is 10.1. The van der Waals surface area contributed by atoms with E-state index in [-0.39, 0.29) is 12.1 Å². The maximum absolute atomic E-state index is 12.7. The summed E-state index contributed by atoms with van der Waals surface area (Å²) >= 11 is 1.63. The molecular weight excluding hydrogens is 346 g/mol. The molecular formula is C20H25N3O2S. The van der Waals surface area contributed by atoms with Gasteiger partial charge in [-0.1, -0.05) is 12.1 Å². The molecule has 2 aromatic rings. The van der Waals surface area contributed by atoms with Crippen LogP contribution in [0.3, 0.4) is 0 Å². The quantitative estimate of drug-likeness (QED) is 0.820. The number of hydrogen-bond donors (Lipinski definition) is 1. The summed E-state index contributed by atoms with van der Waals surface area (Å²) in [6, 6.07) is 16.2. The van der Waals surface area contributed by atoms with Crippen LogP contribution in [-0.4, -0.2) is 50.0 Å². The molecule has 2 amide bonds. The summed E-state index contributed by atoms with van der Waals surface area (Å²) in [5.74, 6) is 0.854. The maximum Gasteiger partial charge on any atom is 0.322 e. The molecule has 1 fully saturated rings. The first-order valence-corrected chi connectivity index (χ1v) is 9.94. The Kier molecular flexibility index (Phi) is 5.93. The molecule has 5 nitrogen and oxygen atoms in total. The topological polar surface area (TPSA) is 44.8 Å². The number of carbonyl (C=O) groups excluding carboxylic acids is 1. The summed E-state index contributed by atoms with van der Waals surface area (Å²) in [6.45, 7) is 4.35. The van der Waals surface area contributed by atoms with Crippen LogP contribution < -0.4 is 15.0 Å². The molecule has 0 aliphatic carbocycles. The van der Waals surface area contributed by atoms with Crippen LogP contribution in [-0.2, 0) is 0 Å². The number of methoxy groups -OCH3 is 1. The molecule has 1 N–H and O–H groups in total. The Balaban J connectivity index is 1.63. The molecule has 3 rings (SSSR count). The number of nitrogens with zero attached hydrogens (tertiary/aromatic N) is 2. The van der Waals surface area contributed by atoms with Crippen LogP contribution in [0.15, 0.2) is 53.4 Å². The molecule has 0 aromatic heterocycles. The van der Waals surface area contributed by atoms with Gasteiger partial charge in [-0.3, -0.25) is 0 Å². The molecule has 0 radical (unpaired) electrons. The zero-order chi connectivity index (χ0) is 18.5. The average molecular weight is 372 g/mol. The lowest BCUT2D eigenvalue weighted by Gasteiger charge is -2.41. The normalized spacial score (nSPS) is 17.1. The van der Waals surface area contributed by atoms with E-state index in [1.807, 2.05) is 47.6 Å². The van der Waals surface area contributed by atoms with Crippen molar-refractivity contribution in [1.29, 1.82) is 0 Å². The highest BCUT2D eigenvalue weighted by atomic mass is 32.2. The minimum atomic E-state index is -0.0345. The van der Waals surface area contributed by atoms with Crippen LogP contribution in [0, 0.1) is 0 Å². The van der Waals surface area contributed by atoms with Crippen LogP contribution in [0.4, 0.5) is 16.2 Å². The van der Waals surface area contributed by atoms with Gasteiger partial charge in [-0.25, -0.2) is 4.79 Å². The highest BCUT2D eigenvalue weighted by Gasteiger charge is 2.27. The Hall–Kier alpha value is -2.34. The standard InChI is InChI=1S/C20H25N3O2S/c1-15-14-22(20(24)21-18-6-4-5-7-19(18)26-3)12-13-23(15)16-8-10-17(25-2)11-9-16/h4-11,15H,12-14H2,1-3H3,(H,21,24). The number of amides is 2. The number of ether oxygens (including phenoxy) is 1. The fraction of sp³-hybridized carbons (Fsp3) is 0.350. The van der Waals surface area contributed by atoms with Crippen molar-refractivity contribution >= 4 is 29.2 Å². The largest absolute Gasteiger partial charge is 0.497 e. The zero-order valence-electron chi connectivity index (χ0n) is 15.4. The van der Waals surface area contributed by atoms with Gasteiger partial charge in [0.25, 0.3) is 0 Å². The van der Waals surface area contributed by atoms with Gasteiger partial charge in [-0.2, -0.15) is 0 Å². The van der Waals surface area contributed by atoms with E-state index in [9.17, 15) is 4.79 Å². The molecule has 0 saturated carbocycles. The fourth-order valence-electron chi connectivity index (χ4n) is 3.24. The van der Waals surface area contributed by atoms with Gasteiger partial charge >= 0.3 is 6.03 Å². The molecule has 26 heavy (non-hydrogen) atoms. The molecule has 6 heteroatoms. The summed E-state index contributed by atoms with van der Waals surface area (Å²) in [5, 5.41) is 3.05. The number of rotatable bonds is 4. The molecule has 138 valence electrons. The van der Waals surface area contributed by atoms with Gasteiger partial charge < -0.3 is 19.9 Å². The van der Waals surface area contributed by atoms with Crippen LogP contribution in [0.5, 0.6) is 5.75 Å². The minimum Gasteiger partial charge on any atom is -0.497 e. The lowest BCUT2D eigenvalue weighted by molar-refractivity contribution is 0.200. The van der Waals surface area contributed by atoms with E-state index in [0.717, 1.165) is 28.6 Å². The molecule has 1 unspecified atom stereocenters. The van der Waals surface area contributed by atoms with Crippen molar-refractivity contribution in [1.82, 2.24) is 4.90 Å². The van der Waals surface area contributed by atoms with Crippen molar-refractivity contribution < 1.29 is 9.53 Å². The summed E-state index contributed by atoms with van der Waals surface area (Å²) in [4.78, 5) is 18.0. The van der Waals surface area contributed by atoms with Gasteiger partial charge in [0, 0.05) is 36.3 Å². The number of thioether (sulfide) groups is 1. The van der Waals surface area contributed by atoms with Gasteiger partial charge in [0.2, 0.25) is 0 Å². The van der Waals surface area contributed by atoms with Crippen molar-refractivity contribution in [2.75, 3.05) is 43.2 Å². The minimum absolute atomic E-state index is 0.0345. The average Bonchev–Trinajstić information content (AvgIpc) is 2.68. The third-order valence-corrected chi connectivity index (χ3v) is 5.46. The van der Waals surface area contributed by atoms with Crippen LogP contribution >= 0.6 is 11.8 Å². The van der Waals surface area contributed by atoms with Gasteiger partial charge in [0.15, 0.2) is 0 Å². The first kappa shape index (κ1) is 18.5. The third kappa shape index (κ3) is 4.07. The highest BCUT2D eigenvalue weighted by molar-refractivity contribution is 7.98. The third-order valence-electron chi connectivity index (χ3n) is 4.67. The van der Waals surface area contributed by atoms with E-state index in [1.165, 1.54) is 0 Å².